The van der Waals surface area contributed by atoms with Crippen molar-refractivity contribution < 1.29 is 4.79 Å². The molecule has 3 heterocycles. The molecule has 6 nitrogen and oxygen atoms in total. The first-order chi connectivity index (χ1) is 12.1. The average Bonchev–Trinajstić information content (AvgIpc) is 2.61. The third-order valence-electron chi connectivity index (χ3n) is 4.38. The zero-order valence-corrected chi connectivity index (χ0v) is 15.1. The molecule has 3 rings (SSSR count). The smallest absolute Gasteiger partial charge is 0.255 e. The molecule has 25 heavy (non-hydrogen) atoms. The van der Waals surface area contributed by atoms with E-state index in [0.717, 1.165) is 43.4 Å². The summed E-state index contributed by atoms with van der Waals surface area (Å²) in [6.07, 6.45) is 1.75. The molecule has 0 radical (unpaired) electrons. The maximum Gasteiger partial charge on any atom is 0.255 e. The first-order valence-corrected chi connectivity index (χ1v) is 8.77. The van der Waals surface area contributed by atoms with Crippen LogP contribution in [0.25, 0.3) is 0 Å². The average molecular weight is 339 g/mol. The zero-order chi connectivity index (χ0) is 17.8. The molecule has 1 N–H and O–H groups in total. The predicted molar refractivity (Wildman–Crippen MR) is 100 cm³/mol. The van der Waals surface area contributed by atoms with Crippen molar-refractivity contribution >= 4 is 17.4 Å². The largest absolute Gasteiger partial charge is 0.368 e. The molecule has 6 heteroatoms. The first kappa shape index (κ1) is 17.2. The summed E-state index contributed by atoms with van der Waals surface area (Å²) in [5, 5.41) is 2.87. The predicted octanol–water partition coefficient (Wildman–Crippen LogP) is 2.17. The van der Waals surface area contributed by atoms with Crippen LogP contribution in [0.15, 0.2) is 30.5 Å². The second-order valence-electron chi connectivity index (χ2n) is 6.32. The molecule has 0 spiro atoms. The topological polar surface area (TPSA) is 61.4 Å². The summed E-state index contributed by atoms with van der Waals surface area (Å²) >= 11 is 0. The van der Waals surface area contributed by atoms with E-state index < -0.39 is 0 Å². The number of pyridine rings is 2. The lowest BCUT2D eigenvalue weighted by atomic mass is 10.2. The summed E-state index contributed by atoms with van der Waals surface area (Å²) in [7, 11) is 0. The molecule has 1 aliphatic rings. The van der Waals surface area contributed by atoms with Gasteiger partial charge in [0, 0.05) is 56.0 Å². The number of rotatable bonds is 4. The summed E-state index contributed by atoms with van der Waals surface area (Å²) in [6.45, 7) is 10.1. The normalized spacial score (nSPS) is 14.5. The van der Waals surface area contributed by atoms with Gasteiger partial charge in [-0.25, -0.2) is 4.98 Å². The number of carbonyl (C=O) groups is 1. The number of amides is 1. The maximum atomic E-state index is 12.3. The maximum absolute atomic E-state index is 12.3. The highest BCUT2D eigenvalue weighted by Gasteiger charge is 2.22. The Kier molecular flexibility index (Phi) is 5.16. The highest BCUT2D eigenvalue weighted by Crippen LogP contribution is 2.22. The molecular formula is C19H25N5O. The Hall–Kier alpha value is -2.63. The van der Waals surface area contributed by atoms with Gasteiger partial charge in [0.15, 0.2) is 0 Å². The van der Waals surface area contributed by atoms with Gasteiger partial charge >= 0.3 is 0 Å². The van der Waals surface area contributed by atoms with Crippen molar-refractivity contribution in [3.63, 3.8) is 0 Å². The number of piperazine rings is 1. The minimum atomic E-state index is -0.0617. The molecule has 2 aromatic heterocycles. The molecule has 0 atom stereocenters. The molecular weight excluding hydrogens is 314 g/mol. The Balaban J connectivity index is 1.73. The van der Waals surface area contributed by atoms with Gasteiger partial charge in [0.25, 0.3) is 5.91 Å². The lowest BCUT2D eigenvalue weighted by Gasteiger charge is -2.37. The van der Waals surface area contributed by atoms with Crippen molar-refractivity contribution in [1.82, 2.24) is 15.3 Å². The summed E-state index contributed by atoms with van der Waals surface area (Å²) in [4.78, 5) is 25.8. The van der Waals surface area contributed by atoms with Gasteiger partial charge in [-0.1, -0.05) is 0 Å². The zero-order valence-electron chi connectivity index (χ0n) is 15.1. The number of hydrogen-bond acceptors (Lipinski definition) is 5. The fraction of sp³-hybridized carbons (Fsp3) is 0.421. The fourth-order valence-corrected chi connectivity index (χ4v) is 3.25. The van der Waals surface area contributed by atoms with Crippen molar-refractivity contribution in [3.8, 4) is 0 Å². The van der Waals surface area contributed by atoms with Crippen LogP contribution in [-0.4, -0.2) is 48.6 Å². The molecule has 0 unspecified atom stereocenters. The summed E-state index contributed by atoms with van der Waals surface area (Å²) < 4.78 is 0. The summed E-state index contributed by atoms with van der Waals surface area (Å²) in [5.74, 6) is 0.712. The Labute approximate surface area is 148 Å². The van der Waals surface area contributed by atoms with E-state index in [1.807, 2.05) is 32.9 Å². The molecule has 1 fully saturated rings. The molecule has 0 bridgehead atoms. The van der Waals surface area contributed by atoms with E-state index in [1.165, 1.54) is 5.69 Å². The lowest BCUT2D eigenvalue weighted by molar-refractivity contribution is 0.0956. The van der Waals surface area contributed by atoms with Gasteiger partial charge < -0.3 is 15.1 Å². The molecule has 1 saturated heterocycles. The minimum absolute atomic E-state index is 0.0617. The second kappa shape index (κ2) is 7.51. The highest BCUT2D eigenvalue weighted by atomic mass is 16.1. The number of anilines is 2. The number of nitrogens with zero attached hydrogens (tertiary/aromatic N) is 4. The Morgan fingerprint density at radius 3 is 2.40 bits per heavy atom. The molecule has 0 aliphatic carbocycles. The van der Waals surface area contributed by atoms with E-state index in [9.17, 15) is 4.79 Å². The van der Waals surface area contributed by atoms with E-state index in [1.54, 1.807) is 6.20 Å². The molecule has 2 aromatic rings. The van der Waals surface area contributed by atoms with Crippen LogP contribution in [0.1, 0.15) is 28.7 Å². The van der Waals surface area contributed by atoms with Crippen molar-refractivity contribution in [1.29, 1.82) is 0 Å². The first-order valence-electron chi connectivity index (χ1n) is 8.77. The van der Waals surface area contributed by atoms with E-state index in [2.05, 4.69) is 37.2 Å². The third kappa shape index (κ3) is 3.90. The number of aryl methyl sites for hydroxylation is 2. The number of aromatic nitrogens is 2. The van der Waals surface area contributed by atoms with Crippen LogP contribution in [0.5, 0.6) is 0 Å². The minimum Gasteiger partial charge on any atom is -0.368 e. The van der Waals surface area contributed by atoms with Crippen LogP contribution in [0, 0.1) is 13.8 Å². The van der Waals surface area contributed by atoms with E-state index in [4.69, 9.17) is 0 Å². The number of nitrogens with one attached hydrogen (secondary N) is 1. The second-order valence-corrected chi connectivity index (χ2v) is 6.32. The van der Waals surface area contributed by atoms with Crippen molar-refractivity contribution in [2.45, 2.75) is 20.8 Å². The Bertz CT molecular complexity index is 733. The third-order valence-corrected chi connectivity index (χ3v) is 4.38. The van der Waals surface area contributed by atoms with Crippen LogP contribution in [-0.2, 0) is 0 Å². The summed E-state index contributed by atoms with van der Waals surface area (Å²) in [5.41, 5.74) is 3.95. The van der Waals surface area contributed by atoms with Crippen molar-refractivity contribution in [2.24, 2.45) is 0 Å². The SMILES string of the molecule is CCNC(=O)c1cccnc1N1CCN(c2cc(C)nc(C)c2)CC1. The Morgan fingerprint density at radius 2 is 1.76 bits per heavy atom. The Morgan fingerprint density at radius 1 is 1.12 bits per heavy atom. The highest BCUT2D eigenvalue weighted by molar-refractivity contribution is 5.98. The quantitative estimate of drug-likeness (QED) is 0.925. The number of carbonyl (C=O) groups excluding carboxylic acids is 1. The number of hydrogen-bond donors (Lipinski definition) is 1. The molecule has 0 aromatic carbocycles. The van der Waals surface area contributed by atoms with E-state index >= 15 is 0 Å². The molecule has 1 amide bonds. The van der Waals surface area contributed by atoms with Crippen LogP contribution >= 0.6 is 0 Å². The lowest BCUT2D eigenvalue weighted by Crippen LogP contribution is -2.47. The molecule has 0 saturated carbocycles. The van der Waals surface area contributed by atoms with Crippen LogP contribution < -0.4 is 15.1 Å². The van der Waals surface area contributed by atoms with Gasteiger partial charge in [-0.15, -0.1) is 0 Å². The monoisotopic (exact) mass is 339 g/mol. The van der Waals surface area contributed by atoms with E-state index in [-0.39, 0.29) is 5.91 Å². The van der Waals surface area contributed by atoms with Gasteiger partial charge in [-0.2, -0.15) is 0 Å². The standard InChI is InChI=1S/C19H25N5O/c1-4-20-19(25)17-6-5-7-21-18(17)24-10-8-23(9-11-24)16-12-14(2)22-15(3)13-16/h5-7,12-13H,4,8-11H2,1-3H3,(H,20,25). The van der Waals surface area contributed by atoms with Gasteiger partial charge in [0.2, 0.25) is 0 Å². The van der Waals surface area contributed by atoms with Gasteiger partial charge in [-0.3, -0.25) is 9.78 Å². The van der Waals surface area contributed by atoms with Crippen LogP contribution in [0.2, 0.25) is 0 Å². The van der Waals surface area contributed by atoms with Gasteiger partial charge in [0.05, 0.1) is 5.56 Å². The summed E-state index contributed by atoms with van der Waals surface area (Å²) in [6, 6.07) is 7.91. The fourth-order valence-electron chi connectivity index (χ4n) is 3.25. The van der Waals surface area contributed by atoms with Crippen molar-refractivity contribution in [3.05, 3.63) is 47.4 Å². The van der Waals surface area contributed by atoms with Gasteiger partial charge in [0.1, 0.15) is 5.82 Å². The van der Waals surface area contributed by atoms with Gasteiger partial charge in [-0.05, 0) is 45.0 Å². The molecule has 1 aliphatic heterocycles. The van der Waals surface area contributed by atoms with Crippen LogP contribution in [0.4, 0.5) is 11.5 Å². The van der Waals surface area contributed by atoms with Crippen molar-refractivity contribution in [2.75, 3.05) is 42.5 Å². The van der Waals surface area contributed by atoms with Crippen LogP contribution in [0.3, 0.4) is 0 Å². The van der Waals surface area contributed by atoms with E-state index in [0.29, 0.717) is 12.1 Å². The molecule has 132 valence electrons.